The van der Waals surface area contributed by atoms with E-state index in [0.717, 1.165) is 0 Å². The summed E-state index contributed by atoms with van der Waals surface area (Å²) in [5.74, 6) is 0. The van der Waals surface area contributed by atoms with E-state index in [1.165, 1.54) is 0 Å². The zero-order chi connectivity index (χ0) is 15.6. The van der Waals surface area contributed by atoms with Gasteiger partial charge in [-0.15, -0.1) is 0 Å². The Morgan fingerprint density at radius 3 is 1.84 bits per heavy atom. The molecule has 0 aromatic heterocycles. The van der Waals surface area contributed by atoms with E-state index in [4.69, 9.17) is 4.55 Å². The molecule has 1 unspecified atom stereocenters. The minimum absolute atomic E-state index is 0.237. The van der Waals surface area contributed by atoms with Crippen molar-refractivity contribution in [3.05, 3.63) is 12.1 Å². The monoisotopic (exact) mass is 322 g/mol. The molecule has 13 heteroatoms. The molecule has 0 saturated carbocycles. The SMILES string of the molecule is CC(OC(F)(F)C(F)(F)OC(F)=C(F)F)S(=O)(=O)O. The summed E-state index contributed by atoms with van der Waals surface area (Å²) in [5.41, 5.74) is -2.85. The lowest BCUT2D eigenvalue weighted by molar-refractivity contribution is -0.428. The van der Waals surface area contributed by atoms with Gasteiger partial charge in [0, 0.05) is 0 Å². The summed E-state index contributed by atoms with van der Waals surface area (Å²) in [6.45, 7) is 0.237. The Balaban J connectivity index is 5.14. The molecule has 0 aliphatic heterocycles. The van der Waals surface area contributed by atoms with Crippen LogP contribution in [0, 0.1) is 0 Å². The summed E-state index contributed by atoms with van der Waals surface area (Å²) in [4.78, 5) is 0. The Kier molecular flexibility index (Phi) is 5.19. The van der Waals surface area contributed by atoms with Gasteiger partial charge in [0.1, 0.15) is 0 Å². The average Bonchev–Trinajstić information content (AvgIpc) is 2.13. The molecule has 1 N–H and O–H groups in total. The molecule has 0 aliphatic rings. The summed E-state index contributed by atoms with van der Waals surface area (Å²) in [5, 5.41) is 0. The molecule has 0 bridgehead atoms. The second kappa shape index (κ2) is 5.50. The van der Waals surface area contributed by atoms with Crippen molar-refractivity contribution in [1.82, 2.24) is 0 Å². The first-order valence-electron chi connectivity index (χ1n) is 4.00. The number of rotatable bonds is 6. The Labute approximate surface area is 101 Å². The summed E-state index contributed by atoms with van der Waals surface area (Å²) < 4.78 is 119. The fourth-order valence-corrected chi connectivity index (χ4v) is 0.791. The molecule has 0 radical (unpaired) electrons. The zero-order valence-electron chi connectivity index (χ0n) is 8.71. The van der Waals surface area contributed by atoms with Crippen molar-refractivity contribution in [3.8, 4) is 0 Å². The van der Waals surface area contributed by atoms with Crippen molar-refractivity contribution < 1.29 is 53.2 Å². The highest BCUT2D eigenvalue weighted by atomic mass is 32.2. The van der Waals surface area contributed by atoms with Crippen molar-refractivity contribution in [2.45, 2.75) is 24.6 Å². The van der Waals surface area contributed by atoms with E-state index in [9.17, 15) is 39.2 Å². The smallest absolute Gasteiger partial charge is 0.396 e. The van der Waals surface area contributed by atoms with Gasteiger partial charge in [0.2, 0.25) is 0 Å². The van der Waals surface area contributed by atoms with Gasteiger partial charge in [0.25, 0.3) is 10.1 Å². The van der Waals surface area contributed by atoms with E-state index >= 15 is 0 Å². The van der Waals surface area contributed by atoms with Crippen molar-refractivity contribution in [1.29, 1.82) is 0 Å². The number of hydrogen-bond acceptors (Lipinski definition) is 4. The first kappa shape index (κ1) is 17.9. The molecule has 1 atom stereocenters. The Hall–Kier alpha value is -1.08. The fourth-order valence-electron chi connectivity index (χ4n) is 0.548. The molecule has 0 aliphatic carbocycles. The molecule has 0 amide bonds. The normalized spacial score (nSPS) is 15.0. The lowest BCUT2D eigenvalue weighted by Gasteiger charge is -2.26. The fraction of sp³-hybridized carbons (Fsp3) is 0.667. The van der Waals surface area contributed by atoms with Gasteiger partial charge in [0.05, 0.1) is 0 Å². The van der Waals surface area contributed by atoms with Crippen LogP contribution in [0.2, 0.25) is 0 Å². The molecule has 0 rings (SSSR count). The Morgan fingerprint density at radius 2 is 1.53 bits per heavy atom. The number of ether oxygens (including phenoxy) is 2. The van der Waals surface area contributed by atoms with Crippen LogP contribution in [0.25, 0.3) is 0 Å². The third kappa shape index (κ3) is 4.83. The maximum Gasteiger partial charge on any atom is 0.495 e. The molecule has 0 saturated heterocycles. The van der Waals surface area contributed by atoms with Gasteiger partial charge in [-0.3, -0.25) is 9.29 Å². The third-order valence-electron chi connectivity index (χ3n) is 1.44. The van der Waals surface area contributed by atoms with Crippen LogP contribution in [-0.2, 0) is 19.6 Å². The molecule has 0 spiro atoms. The van der Waals surface area contributed by atoms with Crippen molar-refractivity contribution in [2.24, 2.45) is 0 Å². The van der Waals surface area contributed by atoms with Gasteiger partial charge in [0.15, 0.2) is 5.44 Å². The highest BCUT2D eigenvalue weighted by Crippen LogP contribution is 2.39. The van der Waals surface area contributed by atoms with Gasteiger partial charge in [-0.1, -0.05) is 0 Å². The molecule has 5 nitrogen and oxygen atoms in total. The number of alkyl halides is 4. The molecule has 0 heterocycles. The largest absolute Gasteiger partial charge is 0.495 e. The van der Waals surface area contributed by atoms with Crippen LogP contribution in [0.1, 0.15) is 6.92 Å². The Bertz CT molecular complexity index is 455. The molecule has 0 fully saturated rings. The second-order valence-electron chi connectivity index (χ2n) is 2.87. The van der Waals surface area contributed by atoms with Gasteiger partial charge in [-0.25, -0.2) is 0 Å². The van der Waals surface area contributed by atoms with Crippen LogP contribution in [-0.4, -0.2) is 30.6 Å². The van der Waals surface area contributed by atoms with Gasteiger partial charge in [-0.2, -0.15) is 39.2 Å². The molecular formula is C6H5F7O5S. The van der Waals surface area contributed by atoms with Gasteiger partial charge < -0.3 is 4.74 Å². The van der Waals surface area contributed by atoms with Crippen LogP contribution < -0.4 is 0 Å². The van der Waals surface area contributed by atoms with Gasteiger partial charge >= 0.3 is 24.3 Å². The van der Waals surface area contributed by atoms with Crippen LogP contribution in [0.4, 0.5) is 30.7 Å². The number of hydrogen-bond donors (Lipinski definition) is 1. The maximum atomic E-state index is 12.7. The van der Waals surface area contributed by atoms with Gasteiger partial charge in [-0.05, 0) is 6.92 Å². The molecule has 114 valence electrons. The predicted octanol–water partition coefficient (Wildman–Crippen LogP) is 2.47. The predicted molar refractivity (Wildman–Crippen MR) is 43.4 cm³/mol. The topological polar surface area (TPSA) is 72.8 Å². The minimum Gasteiger partial charge on any atom is -0.396 e. The highest BCUT2D eigenvalue weighted by Gasteiger charge is 2.64. The minimum atomic E-state index is -5.94. The lowest BCUT2D eigenvalue weighted by atomic mass is 10.5. The van der Waals surface area contributed by atoms with Crippen molar-refractivity contribution in [2.75, 3.05) is 0 Å². The van der Waals surface area contributed by atoms with E-state index < -0.39 is 39.9 Å². The first-order valence-corrected chi connectivity index (χ1v) is 5.50. The van der Waals surface area contributed by atoms with Crippen molar-refractivity contribution >= 4 is 10.1 Å². The molecular weight excluding hydrogens is 317 g/mol. The summed E-state index contributed by atoms with van der Waals surface area (Å²) in [6, 6.07) is -3.30. The molecule has 0 aromatic carbocycles. The van der Waals surface area contributed by atoms with E-state index in [-0.39, 0.29) is 6.92 Å². The van der Waals surface area contributed by atoms with E-state index in [0.29, 0.717) is 0 Å². The third-order valence-corrected chi connectivity index (χ3v) is 2.37. The molecule has 19 heavy (non-hydrogen) atoms. The van der Waals surface area contributed by atoms with E-state index in [1.807, 2.05) is 0 Å². The Morgan fingerprint density at radius 1 is 1.11 bits per heavy atom. The first-order chi connectivity index (χ1) is 8.21. The second-order valence-corrected chi connectivity index (χ2v) is 4.56. The van der Waals surface area contributed by atoms with Crippen LogP contribution in [0.15, 0.2) is 12.1 Å². The lowest BCUT2D eigenvalue weighted by Crippen LogP contribution is -2.47. The average molecular weight is 322 g/mol. The summed E-state index contributed by atoms with van der Waals surface area (Å²) in [6.07, 6.45) is -15.2. The van der Waals surface area contributed by atoms with E-state index in [1.54, 1.807) is 0 Å². The maximum absolute atomic E-state index is 12.7. The standard InChI is InChI=1S/C6H5F7O5S/c1-2(19(14,15)16)17-5(10,11)6(12,13)18-4(9)3(7)8/h2H,1H3,(H,14,15,16). The zero-order valence-corrected chi connectivity index (χ0v) is 9.53. The quantitative estimate of drug-likeness (QED) is 0.462. The highest BCUT2D eigenvalue weighted by molar-refractivity contribution is 7.86. The van der Waals surface area contributed by atoms with Crippen LogP contribution in [0.5, 0.6) is 0 Å². The van der Waals surface area contributed by atoms with Crippen LogP contribution >= 0.6 is 0 Å². The van der Waals surface area contributed by atoms with Crippen molar-refractivity contribution in [3.63, 3.8) is 0 Å². The van der Waals surface area contributed by atoms with Crippen LogP contribution in [0.3, 0.4) is 0 Å². The summed E-state index contributed by atoms with van der Waals surface area (Å²) >= 11 is 0. The number of halogens is 7. The van der Waals surface area contributed by atoms with E-state index in [2.05, 4.69) is 9.47 Å². The molecule has 0 aromatic rings. The summed E-state index contributed by atoms with van der Waals surface area (Å²) in [7, 11) is -5.29.